The lowest BCUT2D eigenvalue weighted by atomic mass is 10.1. The molecule has 2 aliphatic rings. The number of carboxylic acids is 1. The van der Waals surface area contributed by atoms with E-state index in [2.05, 4.69) is 5.32 Å². The number of fused-ring (bicyclic) bond motifs is 2. The van der Waals surface area contributed by atoms with E-state index in [1.165, 1.54) is 0 Å². The van der Waals surface area contributed by atoms with Gasteiger partial charge in [-0.15, -0.1) is 0 Å². The molecule has 0 spiro atoms. The molecule has 0 aromatic heterocycles. The molecule has 2 heterocycles. The van der Waals surface area contributed by atoms with E-state index < -0.39 is 5.97 Å². The van der Waals surface area contributed by atoms with E-state index >= 15 is 0 Å². The maximum absolute atomic E-state index is 12.6. The zero-order valence-electron chi connectivity index (χ0n) is 12.8. The lowest BCUT2D eigenvalue weighted by Crippen LogP contribution is -2.42. The fourth-order valence-corrected chi connectivity index (χ4v) is 3.48. The Labute approximate surface area is 134 Å². The lowest BCUT2D eigenvalue weighted by Gasteiger charge is -2.27. The Morgan fingerprint density at radius 2 is 1.87 bits per heavy atom. The molecule has 2 aliphatic heterocycles. The number of aryl methyl sites for hydroxylation is 1. The number of nitrogens with one attached hydrogen (secondary N) is 1. The van der Waals surface area contributed by atoms with E-state index in [0.717, 1.165) is 18.4 Å². The molecule has 3 rings (SSSR count). The number of benzene rings is 1. The first-order valence-corrected chi connectivity index (χ1v) is 7.94. The van der Waals surface area contributed by atoms with Crippen molar-refractivity contribution in [3.05, 3.63) is 35.4 Å². The zero-order chi connectivity index (χ0) is 16.4. The third kappa shape index (κ3) is 3.36. The highest BCUT2D eigenvalue weighted by atomic mass is 16.4. The van der Waals surface area contributed by atoms with E-state index in [-0.39, 0.29) is 29.5 Å². The molecule has 1 aromatic rings. The van der Waals surface area contributed by atoms with Crippen LogP contribution < -0.4 is 5.32 Å². The fourth-order valence-electron chi connectivity index (χ4n) is 3.48. The number of aromatic carboxylic acids is 1. The smallest absolute Gasteiger partial charge is 0.335 e. The Hall–Kier alpha value is -2.37. The largest absolute Gasteiger partial charge is 0.478 e. The first kappa shape index (κ1) is 15.5. The number of nitrogens with zero attached hydrogens (tertiary/aromatic N) is 1. The molecule has 6 heteroatoms. The SMILES string of the molecule is O=C1CC2CCC(CN1)N2C(=O)CCc1ccc(C(=O)O)cc1. The molecule has 23 heavy (non-hydrogen) atoms. The molecule has 2 unspecified atom stereocenters. The topological polar surface area (TPSA) is 86.7 Å². The average molecular weight is 316 g/mol. The summed E-state index contributed by atoms with van der Waals surface area (Å²) in [6.45, 7) is 0.550. The van der Waals surface area contributed by atoms with Gasteiger partial charge in [0.05, 0.1) is 5.56 Å². The van der Waals surface area contributed by atoms with Crippen LogP contribution in [0.15, 0.2) is 24.3 Å². The number of carboxylic acid groups (broad SMARTS) is 1. The van der Waals surface area contributed by atoms with Gasteiger partial charge in [0.15, 0.2) is 0 Å². The highest BCUT2D eigenvalue weighted by molar-refractivity contribution is 5.87. The third-order valence-electron chi connectivity index (χ3n) is 4.69. The van der Waals surface area contributed by atoms with Gasteiger partial charge in [0.1, 0.15) is 0 Å². The number of hydrogen-bond acceptors (Lipinski definition) is 3. The standard InChI is InChI=1S/C17H20N2O4/c20-15-9-13-6-7-14(10-18-15)19(13)16(21)8-3-11-1-4-12(5-2-11)17(22)23/h1-2,4-5,13-14H,3,6-10H2,(H,18,20)(H,22,23). The van der Waals surface area contributed by atoms with Gasteiger partial charge in [0.2, 0.25) is 11.8 Å². The second-order valence-electron chi connectivity index (χ2n) is 6.20. The van der Waals surface area contributed by atoms with Crippen molar-refractivity contribution >= 4 is 17.8 Å². The van der Waals surface area contributed by atoms with Crippen LogP contribution in [-0.2, 0) is 16.0 Å². The Morgan fingerprint density at radius 1 is 1.17 bits per heavy atom. The highest BCUT2D eigenvalue weighted by Crippen LogP contribution is 2.29. The summed E-state index contributed by atoms with van der Waals surface area (Å²) in [5, 5.41) is 11.7. The quantitative estimate of drug-likeness (QED) is 0.874. The maximum Gasteiger partial charge on any atom is 0.335 e. The van der Waals surface area contributed by atoms with Gasteiger partial charge in [0, 0.05) is 31.5 Å². The van der Waals surface area contributed by atoms with Gasteiger partial charge in [-0.05, 0) is 37.0 Å². The number of hydrogen-bond donors (Lipinski definition) is 2. The summed E-state index contributed by atoms with van der Waals surface area (Å²) in [5.41, 5.74) is 1.19. The van der Waals surface area contributed by atoms with Gasteiger partial charge in [-0.3, -0.25) is 9.59 Å². The molecule has 1 aromatic carbocycles. The molecule has 2 bridgehead atoms. The Balaban J connectivity index is 1.61. The van der Waals surface area contributed by atoms with Gasteiger partial charge >= 0.3 is 5.97 Å². The molecule has 0 radical (unpaired) electrons. The molecular weight excluding hydrogens is 296 g/mol. The van der Waals surface area contributed by atoms with Crippen molar-refractivity contribution in [2.75, 3.05) is 6.54 Å². The second-order valence-corrected chi connectivity index (χ2v) is 6.20. The van der Waals surface area contributed by atoms with Gasteiger partial charge in [0.25, 0.3) is 0 Å². The summed E-state index contributed by atoms with van der Waals surface area (Å²) in [6.07, 6.45) is 3.21. The van der Waals surface area contributed by atoms with Crippen molar-refractivity contribution in [2.45, 2.75) is 44.2 Å². The first-order valence-electron chi connectivity index (χ1n) is 7.94. The highest BCUT2D eigenvalue weighted by Gasteiger charge is 2.39. The van der Waals surface area contributed by atoms with Gasteiger partial charge in [-0.2, -0.15) is 0 Å². The molecule has 2 N–H and O–H groups in total. The molecule has 2 amide bonds. The van der Waals surface area contributed by atoms with Gasteiger partial charge in [-0.1, -0.05) is 12.1 Å². The van der Waals surface area contributed by atoms with Gasteiger partial charge in [-0.25, -0.2) is 4.79 Å². The van der Waals surface area contributed by atoms with Crippen LogP contribution in [0, 0.1) is 0 Å². The predicted octanol–water partition coefficient (Wildman–Crippen LogP) is 1.20. The van der Waals surface area contributed by atoms with E-state index in [9.17, 15) is 14.4 Å². The first-order chi connectivity index (χ1) is 11.0. The third-order valence-corrected chi connectivity index (χ3v) is 4.69. The average Bonchev–Trinajstić information content (AvgIpc) is 2.84. The minimum Gasteiger partial charge on any atom is -0.478 e. The molecule has 2 saturated heterocycles. The second kappa shape index (κ2) is 6.40. The summed E-state index contributed by atoms with van der Waals surface area (Å²) in [5.74, 6) is -0.846. The van der Waals surface area contributed by atoms with E-state index in [1.807, 2.05) is 4.90 Å². The lowest BCUT2D eigenvalue weighted by molar-refractivity contribution is -0.133. The molecule has 6 nitrogen and oxygen atoms in total. The Morgan fingerprint density at radius 3 is 2.57 bits per heavy atom. The summed E-state index contributed by atoms with van der Waals surface area (Å²) < 4.78 is 0. The summed E-state index contributed by atoms with van der Waals surface area (Å²) in [6, 6.07) is 6.76. The number of carbonyl (C=O) groups is 3. The molecule has 122 valence electrons. The van der Waals surface area contributed by atoms with Crippen LogP contribution in [0.5, 0.6) is 0 Å². The van der Waals surface area contributed by atoms with Gasteiger partial charge < -0.3 is 15.3 Å². The van der Waals surface area contributed by atoms with Crippen molar-refractivity contribution in [1.29, 1.82) is 0 Å². The van der Waals surface area contributed by atoms with Crippen molar-refractivity contribution in [1.82, 2.24) is 10.2 Å². The molecule has 0 saturated carbocycles. The molecule has 0 aliphatic carbocycles. The Bertz CT molecular complexity index is 626. The van der Waals surface area contributed by atoms with E-state index in [1.54, 1.807) is 24.3 Å². The van der Waals surface area contributed by atoms with Crippen LogP contribution in [0.25, 0.3) is 0 Å². The Kier molecular flexibility index (Phi) is 4.32. The maximum atomic E-state index is 12.6. The zero-order valence-corrected chi connectivity index (χ0v) is 12.8. The van der Waals surface area contributed by atoms with E-state index in [0.29, 0.717) is 25.8 Å². The normalized spacial score (nSPS) is 23.3. The molecular formula is C17H20N2O4. The summed E-state index contributed by atoms with van der Waals surface area (Å²) >= 11 is 0. The van der Waals surface area contributed by atoms with Crippen LogP contribution >= 0.6 is 0 Å². The summed E-state index contributed by atoms with van der Waals surface area (Å²) in [4.78, 5) is 36.9. The summed E-state index contributed by atoms with van der Waals surface area (Å²) in [7, 11) is 0. The van der Waals surface area contributed by atoms with Crippen molar-refractivity contribution in [3.8, 4) is 0 Å². The predicted molar refractivity (Wildman–Crippen MR) is 83.0 cm³/mol. The molecule has 2 atom stereocenters. The van der Waals surface area contributed by atoms with Crippen LogP contribution in [0.2, 0.25) is 0 Å². The number of amides is 2. The number of rotatable bonds is 4. The minimum absolute atomic E-state index is 0.0271. The van der Waals surface area contributed by atoms with E-state index in [4.69, 9.17) is 5.11 Å². The van der Waals surface area contributed by atoms with Crippen molar-refractivity contribution in [3.63, 3.8) is 0 Å². The molecule has 2 fully saturated rings. The van der Waals surface area contributed by atoms with Crippen molar-refractivity contribution in [2.24, 2.45) is 0 Å². The van der Waals surface area contributed by atoms with Crippen LogP contribution in [0.4, 0.5) is 0 Å². The van der Waals surface area contributed by atoms with Crippen LogP contribution in [-0.4, -0.2) is 46.4 Å². The van der Waals surface area contributed by atoms with Crippen LogP contribution in [0.3, 0.4) is 0 Å². The monoisotopic (exact) mass is 316 g/mol. The van der Waals surface area contributed by atoms with Crippen molar-refractivity contribution < 1.29 is 19.5 Å². The number of carbonyl (C=O) groups excluding carboxylic acids is 2. The fraction of sp³-hybridized carbons (Fsp3) is 0.471. The van der Waals surface area contributed by atoms with Crippen LogP contribution in [0.1, 0.15) is 41.6 Å². The minimum atomic E-state index is -0.953.